The van der Waals surface area contributed by atoms with Gasteiger partial charge in [0.2, 0.25) is 5.95 Å². The number of aromatic amines is 1. The fraction of sp³-hybridized carbons (Fsp3) is 0.412. The summed E-state index contributed by atoms with van der Waals surface area (Å²) in [6.45, 7) is 0.343. The molecule has 5 nitrogen and oxygen atoms in total. The number of hydrogen-bond donors (Lipinski definition) is 2. The van der Waals surface area contributed by atoms with Gasteiger partial charge in [-0.2, -0.15) is 0 Å². The second-order valence-corrected chi connectivity index (χ2v) is 6.04. The second kappa shape index (κ2) is 5.48. The summed E-state index contributed by atoms with van der Waals surface area (Å²) in [4.78, 5) is 19.9. The van der Waals surface area contributed by atoms with Gasteiger partial charge in [-0.15, -0.1) is 0 Å². The van der Waals surface area contributed by atoms with Crippen molar-refractivity contribution < 1.29 is 4.74 Å². The third kappa shape index (κ3) is 2.47. The molecule has 2 heterocycles. The van der Waals surface area contributed by atoms with Crippen LogP contribution in [0.5, 0.6) is 5.75 Å². The van der Waals surface area contributed by atoms with Gasteiger partial charge in [-0.3, -0.25) is 9.78 Å². The van der Waals surface area contributed by atoms with Crippen molar-refractivity contribution >= 4 is 5.95 Å². The summed E-state index contributed by atoms with van der Waals surface area (Å²) in [6, 6.07) is 8.26. The third-order valence-corrected chi connectivity index (χ3v) is 4.50. The minimum Gasteiger partial charge on any atom is -0.487 e. The Morgan fingerprint density at radius 3 is 2.91 bits per heavy atom. The molecule has 0 atom stereocenters. The molecule has 1 aromatic heterocycles. The Balaban J connectivity index is 1.66. The van der Waals surface area contributed by atoms with Crippen molar-refractivity contribution in [3.05, 3.63) is 51.4 Å². The Kier molecular flexibility index (Phi) is 3.33. The van der Waals surface area contributed by atoms with E-state index in [4.69, 9.17) is 4.74 Å². The van der Waals surface area contributed by atoms with Crippen molar-refractivity contribution in [1.82, 2.24) is 9.97 Å². The summed E-state index contributed by atoms with van der Waals surface area (Å²) in [5.41, 5.74) is 2.42. The summed E-state index contributed by atoms with van der Waals surface area (Å²) in [5, 5.41) is 3.35. The van der Waals surface area contributed by atoms with E-state index in [1.54, 1.807) is 0 Å². The summed E-state index contributed by atoms with van der Waals surface area (Å²) in [7, 11) is 0. The molecule has 1 fully saturated rings. The topological polar surface area (TPSA) is 67.0 Å². The maximum atomic E-state index is 12.4. The first kappa shape index (κ1) is 13.4. The number of fused-ring (bicyclic) bond motifs is 2. The highest BCUT2D eigenvalue weighted by Crippen LogP contribution is 2.26. The van der Waals surface area contributed by atoms with Crippen molar-refractivity contribution in [3.8, 4) is 5.75 Å². The average molecular weight is 297 g/mol. The zero-order chi connectivity index (χ0) is 14.9. The highest BCUT2D eigenvalue weighted by atomic mass is 16.5. The summed E-state index contributed by atoms with van der Waals surface area (Å²) >= 11 is 0. The van der Waals surface area contributed by atoms with Gasteiger partial charge in [-0.05, 0) is 24.5 Å². The minimum absolute atomic E-state index is 0.0641. The summed E-state index contributed by atoms with van der Waals surface area (Å²) in [6.07, 6.45) is 5.33. The Bertz CT molecular complexity index is 748. The van der Waals surface area contributed by atoms with Crippen LogP contribution in [0.1, 0.15) is 42.5 Å². The van der Waals surface area contributed by atoms with E-state index < -0.39 is 0 Å². The van der Waals surface area contributed by atoms with E-state index in [2.05, 4.69) is 15.3 Å². The number of H-pyrrole nitrogens is 1. The van der Waals surface area contributed by atoms with Crippen LogP contribution in [0.25, 0.3) is 0 Å². The van der Waals surface area contributed by atoms with Crippen molar-refractivity contribution in [3.63, 3.8) is 0 Å². The van der Waals surface area contributed by atoms with Gasteiger partial charge in [0, 0.05) is 18.0 Å². The molecule has 0 unspecified atom stereocenters. The predicted molar refractivity (Wildman–Crippen MR) is 84.3 cm³/mol. The molecule has 1 saturated carbocycles. The van der Waals surface area contributed by atoms with Crippen LogP contribution in [0.3, 0.4) is 0 Å². The number of hydrogen-bond acceptors (Lipinski definition) is 4. The van der Waals surface area contributed by atoms with Crippen molar-refractivity contribution in [2.75, 3.05) is 5.32 Å². The Hall–Kier alpha value is -2.30. The van der Waals surface area contributed by atoms with E-state index in [1.807, 2.05) is 24.3 Å². The maximum Gasteiger partial charge on any atom is 0.256 e. The van der Waals surface area contributed by atoms with Crippen LogP contribution in [0.4, 0.5) is 5.95 Å². The van der Waals surface area contributed by atoms with E-state index in [-0.39, 0.29) is 5.56 Å². The molecule has 5 heteroatoms. The standard InChI is InChI=1S/C17H19N3O2/c21-16-13-9-11-5-1-4-8-15(11)22-10-14(13)19-17(20-16)18-12-6-2-3-7-12/h1,4-5,8,12H,2-3,6-7,9-10H2,(H2,18,19,20,21). The second-order valence-electron chi connectivity index (χ2n) is 6.04. The van der Waals surface area contributed by atoms with Gasteiger partial charge in [0.1, 0.15) is 12.4 Å². The molecule has 2 aromatic rings. The van der Waals surface area contributed by atoms with Crippen LogP contribution in [-0.4, -0.2) is 16.0 Å². The summed E-state index contributed by atoms with van der Waals surface area (Å²) in [5.74, 6) is 1.41. The third-order valence-electron chi connectivity index (χ3n) is 4.50. The lowest BCUT2D eigenvalue weighted by Crippen LogP contribution is -2.24. The zero-order valence-electron chi connectivity index (χ0n) is 12.4. The molecule has 2 N–H and O–H groups in total. The number of anilines is 1. The zero-order valence-corrected chi connectivity index (χ0v) is 12.4. The molecule has 0 amide bonds. The molecule has 1 aromatic carbocycles. The van der Waals surface area contributed by atoms with Gasteiger partial charge >= 0.3 is 0 Å². The number of rotatable bonds is 2. The van der Waals surface area contributed by atoms with Gasteiger partial charge in [-0.1, -0.05) is 31.0 Å². The molecule has 0 radical (unpaired) electrons. The SMILES string of the molecule is O=c1[nH]c(NC2CCCC2)nc2c1Cc1ccccc1OC2. The van der Waals surface area contributed by atoms with Crippen LogP contribution in [0, 0.1) is 0 Å². The Morgan fingerprint density at radius 1 is 1.23 bits per heavy atom. The number of aromatic nitrogens is 2. The lowest BCUT2D eigenvalue weighted by molar-refractivity contribution is 0.302. The monoisotopic (exact) mass is 297 g/mol. The van der Waals surface area contributed by atoms with Crippen LogP contribution < -0.4 is 15.6 Å². The highest BCUT2D eigenvalue weighted by molar-refractivity contribution is 5.41. The first-order valence-corrected chi connectivity index (χ1v) is 7.89. The van der Waals surface area contributed by atoms with Crippen LogP contribution in [-0.2, 0) is 13.0 Å². The maximum absolute atomic E-state index is 12.4. The molecule has 2 aliphatic rings. The molecule has 1 aliphatic carbocycles. The van der Waals surface area contributed by atoms with Gasteiger partial charge in [0.05, 0.1) is 5.69 Å². The molecular weight excluding hydrogens is 278 g/mol. The predicted octanol–water partition coefficient (Wildman–Crippen LogP) is 2.61. The smallest absolute Gasteiger partial charge is 0.256 e. The van der Waals surface area contributed by atoms with E-state index >= 15 is 0 Å². The first-order chi connectivity index (χ1) is 10.8. The van der Waals surface area contributed by atoms with Crippen LogP contribution in [0.15, 0.2) is 29.1 Å². The average Bonchev–Trinajstić information content (AvgIpc) is 2.94. The van der Waals surface area contributed by atoms with Crippen molar-refractivity contribution in [2.45, 2.75) is 44.8 Å². The molecule has 0 spiro atoms. The van der Waals surface area contributed by atoms with Gasteiger partial charge in [0.15, 0.2) is 0 Å². The molecule has 4 rings (SSSR count). The van der Waals surface area contributed by atoms with E-state index in [1.165, 1.54) is 12.8 Å². The summed E-state index contributed by atoms with van der Waals surface area (Å²) < 4.78 is 5.81. The fourth-order valence-electron chi connectivity index (χ4n) is 3.31. The number of nitrogens with zero attached hydrogens (tertiary/aromatic N) is 1. The Labute approximate surface area is 128 Å². The van der Waals surface area contributed by atoms with E-state index in [9.17, 15) is 4.79 Å². The molecule has 114 valence electrons. The molecule has 1 aliphatic heterocycles. The number of ether oxygens (including phenoxy) is 1. The highest BCUT2D eigenvalue weighted by Gasteiger charge is 2.20. The molecule has 0 saturated heterocycles. The quantitative estimate of drug-likeness (QED) is 0.894. The fourth-order valence-corrected chi connectivity index (χ4v) is 3.31. The number of nitrogens with one attached hydrogen (secondary N) is 2. The van der Waals surface area contributed by atoms with Crippen molar-refractivity contribution in [1.29, 1.82) is 0 Å². The molecule has 0 bridgehead atoms. The van der Waals surface area contributed by atoms with E-state index in [0.717, 1.165) is 29.8 Å². The first-order valence-electron chi connectivity index (χ1n) is 7.89. The van der Waals surface area contributed by atoms with Gasteiger partial charge < -0.3 is 10.1 Å². The van der Waals surface area contributed by atoms with Crippen LogP contribution >= 0.6 is 0 Å². The number of benzene rings is 1. The Morgan fingerprint density at radius 2 is 2.05 bits per heavy atom. The largest absolute Gasteiger partial charge is 0.487 e. The number of para-hydroxylation sites is 1. The van der Waals surface area contributed by atoms with Crippen LogP contribution in [0.2, 0.25) is 0 Å². The minimum atomic E-state index is -0.0641. The van der Waals surface area contributed by atoms with Gasteiger partial charge in [-0.25, -0.2) is 4.98 Å². The molecule has 22 heavy (non-hydrogen) atoms. The lowest BCUT2D eigenvalue weighted by atomic mass is 10.1. The molecular formula is C17H19N3O2. The lowest BCUT2D eigenvalue weighted by Gasteiger charge is -2.13. The van der Waals surface area contributed by atoms with Crippen molar-refractivity contribution in [2.24, 2.45) is 0 Å². The van der Waals surface area contributed by atoms with Gasteiger partial charge in [0.25, 0.3) is 5.56 Å². The normalized spacial score (nSPS) is 17.3. The van der Waals surface area contributed by atoms with E-state index in [0.29, 0.717) is 30.6 Å².